The molecule has 0 aromatic heterocycles. The molecule has 5 amide bonds. The summed E-state index contributed by atoms with van der Waals surface area (Å²) in [7, 11) is 1.62. The molecule has 35 heteroatoms. The number of hydrogen-bond acceptors (Lipinski definition) is 29. The van der Waals surface area contributed by atoms with Crippen LogP contribution in [-0.2, 0) is 120 Å². The molecule has 110 heavy (non-hydrogen) atoms. The topological polar surface area (TPSA) is 430 Å². The molecule has 0 saturated carbocycles. The van der Waals surface area contributed by atoms with Crippen LogP contribution in [0.25, 0.3) is 0 Å². The summed E-state index contributed by atoms with van der Waals surface area (Å²) in [5, 5.41) is 23.0. The lowest BCUT2D eigenvalue weighted by Crippen LogP contribution is -2.66. The van der Waals surface area contributed by atoms with Gasteiger partial charge in [0.1, 0.15) is 88.8 Å². The maximum atomic E-state index is 14.4. The van der Waals surface area contributed by atoms with Crippen molar-refractivity contribution in [1.82, 2.24) is 31.3 Å². The van der Waals surface area contributed by atoms with Crippen LogP contribution in [-0.4, -0.2) is 235 Å². The first-order valence-electron chi connectivity index (χ1n) is 35.9. The van der Waals surface area contributed by atoms with Crippen LogP contribution in [0.1, 0.15) is 138 Å². The maximum absolute atomic E-state index is 14.4. The second-order valence-electron chi connectivity index (χ2n) is 26.2. The van der Waals surface area contributed by atoms with Gasteiger partial charge in [0.15, 0.2) is 42.8 Å². The minimum Gasteiger partial charge on any atom is -0.497 e. The summed E-state index contributed by atoms with van der Waals surface area (Å²) < 4.78 is 89.5. The molecule has 2 aliphatic heterocycles. The summed E-state index contributed by atoms with van der Waals surface area (Å²) in [6.45, 7) is 13.5. The number of rotatable bonds is 44. The normalized spacial score (nSPS) is 20.4. The molecule has 2 aliphatic rings. The molecule has 13 atom stereocenters. The van der Waals surface area contributed by atoms with Gasteiger partial charge in [0.2, 0.25) is 23.6 Å². The molecule has 2 heterocycles. The van der Waals surface area contributed by atoms with Gasteiger partial charge in [0.05, 0.1) is 32.9 Å². The van der Waals surface area contributed by atoms with Crippen molar-refractivity contribution in [2.75, 3.05) is 73.1 Å². The van der Waals surface area contributed by atoms with Crippen LogP contribution >= 0.6 is 8.30 Å². The van der Waals surface area contributed by atoms with Crippen LogP contribution in [0.15, 0.2) is 78.9 Å². The van der Waals surface area contributed by atoms with Gasteiger partial charge >= 0.3 is 41.9 Å². The van der Waals surface area contributed by atoms with Crippen molar-refractivity contribution in [3.05, 3.63) is 95.6 Å². The van der Waals surface area contributed by atoms with Gasteiger partial charge in [-0.15, -0.1) is 0 Å². The molecule has 0 aliphatic carbocycles. The molecule has 5 rings (SSSR count). The SMILES string of the molecule is COc1ccc(C(OC[C@H](COC(=O)NCCCC(=O)[C@H](CCCCNC(=O)CO[C@@H]2O[C@H](COC(C)=O)[C@H](OC(C)=O)[C@H](OC(C)=O)[C@H]2NC(C)=O)NC(=O)CO[C@@H]2O[C@H](COC(C)=O)[C@H](OC(C)=O)[C@H](OC(C)=O)[C@H]2NC(C)=O)OP(CCC#N)N(C(C)C)C(C)C)(c2ccccc2)c2ccc(OC)cc2)cc1. The number of ketones is 1. The fraction of sp³-hybridized carbons (Fsp3) is 0.587. The number of carbonyl (C=O) groups excluding carboxylic acids is 12. The van der Waals surface area contributed by atoms with E-state index in [-0.39, 0.29) is 76.9 Å². The van der Waals surface area contributed by atoms with Crippen molar-refractivity contribution >= 4 is 79.6 Å². The Labute approximate surface area is 641 Å². The highest BCUT2D eigenvalue weighted by Gasteiger charge is 2.53. The summed E-state index contributed by atoms with van der Waals surface area (Å²) >= 11 is 0. The molecule has 2 fully saturated rings. The van der Waals surface area contributed by atoms with Crippen molar-refractivity contribution in [2.24, 2.45) is 0 Å². The first-order valence-corrected chi connectivity index (χ1v) is 37.3. The van der Waals surface area contributed by atoms with E-state index < -0.39 is 185 Å². The number of benzene rings is 3. The summed E-state index contributed by atoms with van der Waals surface area (Å²) in [5.41, 5.74) is 0.906. The van der Waals surface area contributed by atoms with E-state index in [0.717, 1.165) is 72.1 Å². The van der Waals surface area contributed by atoms with Crippen LogP contribution in [0.2, 0.25) is 0 Å². The third kappa shape index (κ3) is 29.4. The highest BCUT2D eigenvalue weighted by molar-refractivity contribution is 7.50. The second kappa shape index (κ2) is 46.3. The van der Waals surface area contributed by atoms with E-state index in [0.29, 0.717) is 17.7 Å². The number of carbonyl (C=O) groups is 12. The lowest BCUT2D eigenvalue weighted by atomic mass is 9.80. The number of unbranched alkanes of at least 4 members (excludes halogenated alkanes) is 1. The van der Waals surface area contributed by atoms with Gasteiger partial charge in [-0.1, -0.05) is 54.6 Å². The zero-order valence-corrected chi connectivity index (χ0v) is 65.5. The van der Waals surface area contributed by atoms with Gasteiger partial charge in [-0.05, 0) is 94.3 Å². The lowest BCUT2D eigenvalue weighted by Gasteiger charge is -2.44. The molecule has 606 valence electrons. The zero-order chi connectivity index (χ0) is 81.2. The number of hydrogen-bond donors (Lipinski definition) is 5. The Morgan fingerprint density at radius 1 is 0.545 bits per heavy atom. The van der Waals surface area contributed by atoms with Gasteiger partial charge in [0.25, 0.3) is 0 Å². The monoisotopic (exact) mass is 1570 g/mol. The highest BCUT2D eigenvalue weighted by atomic mass is 31.2. The van der Waals surface area contributed by atoms with Crippen LogP contribution in [0.4, 0.5) is 4.79 Å². The number of nitrogens with zero attached hydrogens (tertiary/aromatic N) is 2. The maximum Gasteiger partial charge on any atom is 0.407 e. The Balaban J connectivity index is 1.37. The first-order chi connectivity index (χ1) is 52.3. The van der Waals surface area contributed by atoms with Crippen molar-refractivity contribution < 1.29 is 128 Å². The molecular weight excluding hydrogens is 1460 g/mol. The molecule has 34 nitrogen and oxygen atoms in total. The predicted molar refractivity (Wildman–Crippen MR) is 390 cm³/mol. The second-order valence-corrected chi connectivity index (χ2v) is 28.0. The number of nitriles is 1. The van der Waals surface area contributed by atoms with Crippen molar-refractivity contribution in [3.8, 4) is 17.6 Å². The zero-order valence-electron chi connectivity index (χ0n) is 64.6. The van der Waals surface area contributed by atoms with E-state index in [1.807, 2.05) is 107 Å². The molecule has 5 N–H and O–H groups in total. The van der Waals surface area contributed by atoms with E-state index in [1.54, 1.807) is 14.2 Å². The molecule has 0 radical (unpaired) electrons. The molecular formula is C75H104N7O27P. The van der Waals surface area contributed by atoms with Crippen LogP contribution < -0.4 is 36.1 Å². The third-order valence-electron chi connectivity index (χ3n) is 16.8. The number of ether oxygens (including phenoxy) is 14. The molecule has 1 unspecified atom stereocenters. The van der Waals surface area contributed by atoms with Crippen LogP contribution in [0.3, 0.4) is 0 Å². The number of alkyl carbamates (subject to hydrolysis) is 1. The van der Waals surface area contributed by atoms with E-state index in [1.165, 1.54) is 0 Å². The minimum absolute atomic E-state index is 0.0134. The molecule has 0 bridgehead atoms. The number of esters is 6. The summed E-state index contributed by atoms with van der Waals surface area (Å²) in [6, 6.07) is 22.6. The van der Waals surface area contributed by atoms with Gasteiger partial charge in [-0.3, -0.25) is 57.4 Å². The standard InChI is InChI=1S/C75H104N7O27P/c1-44(2)82(45(3)4)110(37-21-34-76)109-59(39-102-75(54-22-16-15-17-23-54,55-26-30-57(95-13)31-27-55)56-28-32-58(96-14)33-29-56)38-101-74(94)78-36-20-25-61(91)60(81-65(93)43-100-73-67(80-47(6)84)71(106-53(12)90)69(104-51(10)88)63(108-73)41-98-49(8)86)24-18-19-35-77-64(92)42-99-72-66(79-46(5)83)70(105-52(11)89)68(103-50(9)87)62(107-72)40-97-48(7)85/h15-17,22-23,26-33,44-45,59-60,62-63,66-73H,18-21,24-25,35-43H2,1-14H3,(H,77,92)(H,78,94)(H,79,83)(H,80,84)(H,81,93)/t59-,60-,62+,63+,66+,67+,68-,69-,70+,71+,72+,73+,110?/m0/s1. The Kier molecular flexibility index (Phi) is 38.3. The average Bonchev–Trinajstić information content (AvgIpc) is 0.756. The number of nitrogens with one attached hydrogen (secondary N) is 5. The highest BCUT2D eigenvalue weighted by Crippen LogP contribution is 2.48. The summed E-state index contributed by atoms with van der Waals surface area (Å²) in [5.74, 6) is -7.15. The summed E-state index contributed by atoms with van der Waals surface area (Å²) in [6.07, 6.45) is -13.0. The molecule has 2 saturated heterocycles. The Hall–Kier alpha value is -9.46. The molecule has 3 aromatic carbocycles. The summed E-state index contributed by atoms with van der Waals surface area (Å²) in [4.78, 5) is 154. The average molecular weight is 1570 g/mol. The molecule has 3 aromatic rings. The Bertz CT molecular complexity index is 3510. The largest absolute Gasteiger partial charge is 0.497 e. The fourth-order valence-electron chi connectivity index (χ4n) is 12.4. The number of methoxy groups -OCH3 is 2. The first kappa shape index (κ1) is 91.2. The predicted octanol–water partition coefficient (Wildman–Crippen LogP) is 4.93. The number of amides is 5. The van der Waals surface area contributed by atoms with Gasteiger partial charge in [-0.2, -0.15) is 5.26 Å². The van der Waals surface area contributed by atoms with E-state index in [4.69, 9.17) is 70.8 Å². The van der Waals surface area contributed by atoms with Crippen molar-refractivity contribution in [2.45, 2.75) is 213 Å². The smallest absolute Gasteiger partial charge is 0.407 e. The third-order valence-corrected chi connectivity index (χ3v) is 19.4. The van der Waals surface area contributed by atoms with Crippen molar-refractivity contribution in [1.29, 1.82) is 5.26 Å². The fourth-order valence-corrected chi connectivity index (χ4v) is 14.6. The minimum atomic E-state index is -1.65. The van der Waals surface area contributed by atoms with Crippen molar-refractivity contribution in [3.63, 3.8) is 0 Å². The molecule has 0 spiro atoms. The van der Waals surface area contributed by atoms with Gasteiger partial charge in [0, 0.05) is 99.6 Å². The van der Waals surface area contributed by atoms with E-state index in [2.05, 4.69) is 37.3 Å². The Morgan fingerprint density at radius 2 is 1.00 bits per heavy atom. The number of Topliss-reactive ketones (excluding diaryl/α,β-unsaturated/α-hetero) is 1. The van der Waals surface area contributed by atoms with Gasteiger partial charge in [-0.25, -0.2) is 4.79 Å². The van der Waals surface area contributed by atoms with E-state index >= 15 is 0 Å². The lowest BCUT2D eigenvalue weighted by molar-refractivity contribution is -0.276. The van der Waals surface area contributed by atoms with Crippen LogP contribution in [0.5, 0.6) is 11.5 Å². The Morgan fingerprint density at radius 3 is 1.44 bits per heavy atom. The van der Waals surface area contributed by atoms with E-state index in [9.17, 15) is 62.8 Å². The van der Waals surface area contributed by atoms with Crippen LogP contribution in [0, 0.1) is 11.3 Å². The quantitative estimate of drug-likeness (QED) is 0.0165. The van der Waals surface area contributed by atoms with Gasteiger partial charge < -0.3 is 97.4 Å².